The summed E-state index contributed by atoms with van der Waals surface area (Å²) in [6.45, 7) is 8.48. The van der Waals surface area contributed by atoms with Crippen molar-refractivity contribution in [2.75, 3.05) is 0 Å². The van der Waals surface area contributed by atoms with E-state index >= 15 is 0 Å². The van der Waals surface area contributed by atoms with Crippen molar-refractivity contribution in [1.82, 2.24) is 0 Å². The van der Waals surface area contributed by atoms with Gasteiger partial charge in [-0.2, -0.15) is 0 Å². The summed E-state index contributed by atoms with van der Waals surface area (Å²) in [4.78, 5) is 11.6. The molecule has 0 aliphatic rings. The predicted molar refractivity (Wildman–Crippen MR) is 87.0 cm³/mol. The summed E-state index contributed by atoms with van der Waals surface area (Å²) in [5.74, 6) is -0.722. The molecule has 0 aromatic heterocycles. The number of aliphatic carboxylic acids is 1. The third kappa shape index (κ3) is 6.93. The highest BCUT2D eigenvalue weighted by Gasteiger charge is 2.16. The maximum Gasteiger partial charge on any atom is 0.331 e. The Labute approximate surface area is 125 Å². The largest absolute Gasteiger partial charge is 0.478 e. The highest BCUT2D eigenvalue weighted by molar-refractivity contribution is 5.88. The Bertz CT molecular complexity index is 337. The first-order chi connectivity index (χ1) is 9.62. The fourth-order valence-electron chi connectivity index (χ4n) is 2.44. The molecule has 0 amide bonds. The van der Waals surface area contributed by atoms with Gasteiger partial charge in [0, 0.05) is 5.57 Å². The van der Waals surface area contributed by atoms with Crippen molar-refractivity contribution in [2.24, 2.45) is 0 Å². The molecule has 0 saturated heterocycles. The molecular formula is C18H32O2. The average molecular weight is 280 g/mol. The molecule has 2 nitrogen and oxygen atoms in total. The van der Waals surface area contributed by atoms with Crippen LogP contribution >= 0.6 is 0 Å². The van der Waals surface area contributed by atoms with Crippen molar-refractivity contribution < 1.29 is 9.90 Å². The van der Waals surface area contributed by atoms with Gasteiger partial charge in [0.2, 0.25) is 0 Å². The molecule has 116 valence electrons. The topological polar surface area (TPSA) is 37.3 Å². The zero-order chi connectivity index (χ0) is 15.4. The van der Waals surface area contributed by atoms with Crippen LogP contribution in [0.5, 0.6) is 0 Å². The second kappa shape index (κ2) is 11.7. The van der Waals surface area contributed by atoms with E-state index < -0.39 is 5.97 Å². The van der Waals surface area contributed by atoms with Crippen LogP contribution in [0.4, 0.5) is 0 Å². The van der Waals surface area contributed by atoms with Gasteiger partial charge in [-0.15, -0.1) is 0 Å². The summed E-state index contributed by atoms with van der Waals surface area (Å²) in [6, 6.07) is 0. The fourth-order valence-corrected chi connectivity index (χ4v) is 2.44. The molecule has 0 atom stereocenters. The van der Waals surface area contributed by atoms with Crippen LogP contribution in [0.3, 0.4) is 0 Å². The lowest BCUT2D eigenvalue weighted by molar-refractivity contribution is -0.132. The van der Waals surface area contributed by atoms with Crippen molar-refractivity contribution >= 4 is 5.97 Å². The zero-order valence-corrected chi connectivity index (χ0v) is 13.8. The van der Waals surface area contributed by atoms with Crippen LogP contribution in [0.1, 0.15) is 85.5 Å². The van der Waals surface area contributed by atoms with Gasteiger partial charge in [-0.3, -0.25) is 0 Å². The lowest BCUT2D eigenvalue weighted by Crippen LogP contribution is -2.07. The lowest BCUT2D eigenvalue weighted by Gasteiger charge is -2.16. The molecule has 0 spiro atoms. The summed E-state index contributed by atoms with van der Waals surface area (Å²) >= 11 is 0. The minimum absolute atomic E-state index is 0.657. The van der Waals surface area contributed by atoms with Crippen molar-refractivity contribution in [3.63, 3.8) is 0 Å². The monoisotopic (exact) mass is 280 g/mol. The van der Waals surface area contributed by atoms with Gasteiger partial charge >= 0.3 is 5.97 Å². The number of rotatable bonds is 11. The fraction of sp³-hybridized carbons (Fsp3) is 0.722. The first-order valence-electron chi connectivity index (χ1n) is 8.23. The van der Waals surface area contributed by atoms with Gasteiger partial charge in [-0.1, -0.05) is 46.1 Å². The SMILES string of the molecule is C/C=C(CCCC)/C(CCCC)=C(\CCCC)C(=O)O. The van der Waals surface area contributed by atoms with Crippen molar-refractivity contribution in [3.05, 3.63) is 22.8 Å². The molecular weight excluding hydrogens is 248 g/mol. The molecule has 0 bridgehead atoms. The van der Waals surface area contributed by atoms with Crippen molar-refractivity contribution in [2.45, 2.75) is 85.5 Å². The van der Waals surface area contributed by atoms with E-state index in [4.69, 9.17) is 0 Å². The molecule has 0 aromatic carbocycles. The Morgan fingerprint density at radius 1 is 0.850 bits per heavy atom. The molecule has 0 aromatic rings. The molecule has 0 saturated carbocycles. The number of unbranched alkanes of at least 4 members (excludes halogenated alkanes) is 3. The van der Waals surface area contributed by atoms with E-state index in [1.807, 2.05) is 6.92 Å². The van der Waals surface area contributed by atoms with Gasteiger partial charge in [0.25, 0.3) is 0 Å². The van der Waals surface area contributed by atoms with E-state index in [-0.39, 0.29) is 0 Å². The minimum atomic E-state index is -0.722. The van der Waals surface area contributed by atoms with E-state index in [9.17, 15) is 9.90 Å². The Morgan fingerprint density at radius 3 is 1.70 bits per heavy atom. The molecule has 0 fully saturated rings. The first kappa shape index (κ1) is 18.9. The van der Waals surface area contributed by atoms with Gasteiger partial charge in [0.15, 0.2) is 0 Å². The third-order valence-corrected chi connectivity index (χ3v) is 3.72. The summed E-state index contributed by atoms with van der Waals surface area (Å²) in [7, 11) is 0. The molecule has 0 aliphatic heterocycles. The maximum atomic E-state index is 11.6. The van der Waals surface area contributed by atoms with Gasteiger partial charge in [0.05, 0.1) is 0 Å². The van der Waals surface area contributed by atoms with Crippen molar-refractivity contribution in [1.29, 1.82) is 0 Å². The molecule has 20 heavy (non-hydrogen) atoms. The van der Waals surface area contributed by atoms with Gasteiger partial charge in [-0.05, 0) is 56.6 Å². The molecule has 0 radical (unpaired) electrons. The van der Waals surface area contributed by atoms with Crippen molar-refractivity contribution in [3.8, 4) is 0 Å². The van der Waals surface area contributed by atoms with Crippen LogP contribution in [0.25, 0.3) is 0 Å². The molecule has 0 heterocycles. The van der Waals surface area contributed by atoms with Crippen LogP contribution in [-0.4, -0.2) is 11.1 Å². The number of carboxylic acids is 1. The molecule has 2 heteroatoms. The molecule has 0 aliphatic carbocycles. The number of hydrogen-bond acceptors (Lipinski definition) is 1. The first-order valence-corrected chi connectivity index (χ1v) is 8.23. The predicted octanol–water partition coefficient (Wildman–Crippen LogP) is 5.88. The normalized spacial score (nSPS) is 13.3. The quantitative estimate of drug-likeness (QED) is 0.379. The number of allylic oxidation sites excluding steroid dienone is 3. The summed E-state index contributed by atoms with van der Waals surface area (Å²) in [6.07, 6.45) is 11.2. The summed E-state index contributed by atoms with van der Waals surface area (Å²) in [5.41, 5.74) is 3.03. The number of carbonyl (C=O) groups is 1. The minimum Gasteiger partial charge on any atom is -0.478 e. The Morgan fingerprint density at radius 2 is 1.30 bits per heavy atom. The van der Waals surface area contributed by atoms with Crippen LogP contribution in [0.2, 0.25) is 0 Å². The summed E-state index contributed by atoms with van der Waals surface area (Å²) in [5, 5.41) is 9.55. The molecule has 0 unspecified atom stereocenters. The Hall–Kier alpha value is -1.05. The third-order valence-electron chi connectivity index (χ3n) is 3.72. The number of hydrogen-bond donors (Lipinski definition) is 1. The lowest BCUT2D eigenvalue weighted by atomic mass is 9.89. The highest BCUT2D eigenvalue weighted by atomic mass is 16.4. The van der Waals surface area contributed by atoms with E-state index in [0.717, 1.165) is 56.9 Å². The second-order valence-electron chi connectivity index (χ2n) is 5.39. The standard InChI is InChI=1S/C18H32O2/c1-5-9-12-15(8-4)16(13-10-6-2)17(18(19)20)14-11-7-3/h8H,5-7,9-14H2,1-4H3,(H,19,20)/b15-8+,17-16+. The molecule has 1 N–H and O–H groups in total. The van der Waals surface area contributed by atoms with E-state index in [1.54, 1.807) is 0 Å². The number of carboxylic acid groups (broad SMARTS) is 1. The van der Waals surface area contributed by atoms with E-state index in [0.29, 0.717) is 12.0 Å². The van der Waals surface area contributed by atoms with Crippen LogP contribution in [0, 0.1) is 0 Å². The summed E-state index contributed by atoms with van der Waals surface area (Å²) < 4.78 is 0. The van der Waals surface area contributed by atoms with E-state index in [2.05, 4.69) is 26.8 Å². The van der Waals surface area contributed by atoms with Crippen LogP contribution < -0.4 is 0 Å². The Kier molecular flexibility index (Phi) is 11.1. The zero-order valence-electron chi connectivity index (χ0n) is 13.8. The Balaban J connectivity index is 5.35. The molecule has 0 rings (SSSR count). The van der Waals surface area contributed by atoms with Crippen LogP contribution in [0.15, 0.2) is 22.8 Å². The maximum absolute atomic E-state index is 11.6. The van der Waals surface area contributed by atoms with E-state index in [1.165, 1.54) is 5.57 Å². The second-order valence-corrected chi connectivity index (χ2v) is 5.39. The van der Waals surface area contributed by atoms with Gasteiger partial charge < -0.3 is 5.11 Å². The van der Waals surface area contributed by atoms with Gasteiger partial charge in [0.1, 0.15) is 0 Å². The van der Waals surface area contributed by atoms with Crippen LogP contribution in [-0.2, 0) is 4.79 Å². The smallest absolute Gasteiger partial charge is 0.331 e. The highest BCUT2D eigenvalue weighted by Crippen LogP contribution is 2.28. The average Bonchev–Trinajstić information content (AvgIpc) is 2.44. The van der Waals surface area contributed by atoms with Gasteiger partial charge in [-0.25, -0.2) is 4.79 Å².